The molecule has 0 radical (unpaired) electrons. The largest absolute Gasteiger partial charge is 0.482 e. The smallest absolute Gasteiger partial charge is 0.265 e. The third kappa shape index (κ3) is 3.36. The number of aromatic nitrogens is 2. The summed E-state index contributed by atoms with van der Waals surface area (Å²) in [5.74, 6) is 1.45. The summed E-state index contributed by atoms with van der Waals surface area (Å²) in [6.07, 6.45) is 2.75. The number of hydrogen-bond acceptors (Lipinski definition) is 7. The van der Waals surface area contributed by atoms with E-state index in [2.05, 4.69) is 10.1 Å². The van der Waals surface area contributed by atoms with Crippen LogP contribution in [0, 0.1) is 6.92 Å². The topological polar surface area (TPSA) is 106 Å². The van der Waals surface area contributed by atoms with Crippen LogP contribution in [0.5, 0.6) is 5.75 Å². The molecule has 0 bridgehead atoms. The minimum atomic E-state index is -3.80. The summed E-state index contributed by atoms with van der Waals surface area (Å²) in [5.41, 5.74) is 2.75. The highest BCUT2D eigenvalue weighted by Crippen LogP contribution is 2.41. The molecule has 3 aromatic rings. The van der Waals surface area contributed by atoms with E-state index in [-0.39, 0.29) is 24.0 Å². The number of nitrogens with zero attached hydrogens (tertiary/aromatic N) is 4. The monoisotopic (exact) mass is 466 g/mol. The molecule has 0 atom stereocenters. The Morgan fingerprint density at radius 1 is 1.15 bits per heavy atom. The summed E-state index contributed by atoms with van der Waals surface area (Å²) in [6.45, 7) is 2.07. The number of ether oxygens (including phenoxy) is 1. The number of rotatable bonds is 5. The van der Waals surface area contributed by atoms with Crippen molar-refractivity contribution >= 4 is 27.3 Å². The maximum atomic E-state index is 13.6. The molecule has 10 heteroatoms. The Morgan fingerprint density at radius 2 is 1.97 bits per heavy atom. The Balaban J connectivity index is 1.35. The SMILES string of the molecule is Cc1cc2c(cc1S(=O)(=O)N1CCc3ccccc31)OCC(=O)N2Cc1noc(C2CC2)n1. The molecule has 1 aromatic heterocycles. The minimum Gasteiger partial charge on any atom is -0.482 e. The molecule has 3 aliphatic rings. The molecule has 9 nitrogen and oxygen atoms in total. The van der Waals surface area contributed by atoms with Crippen LogP contribution in [0.1, 0.15) is 41.6 Å². The number of carbonyl (C=O) groups excluding carboxylic acids is 1. The van der Waals surface area contributed by atoms with Crippen LogP contribution in [-0.2, 0) is 27.8 Å². The zero-order valence-corrected chi connectivity index (χ0v) is 18.8. The number of hydrogen-bond donors (Lipinski definition) is 0. The van der Waals surface area contributed by atoms with Crippen LogP contribution >= 0.6 is 0 Å². The number of benzene rings is 2. The van der Waals surface area contributed by atoms with Crippen molar-refractivity contribution in [1.29, 1.82) is 0 Å². The van der Waals surface area contributed by atoms with Crippen LogP contribution in [0.2, 0.25) is 0 Å². The average Bonchev–Trinajstić information content (AvgIpc) is 3.38. The van der Waals surface area contributed by atoms with E-state index in [1.165, 1.54) is 15.3 Å². The van der Waals surface area contributed by atoms with E-state index < -0.39 is 10.0 Å². The molecule has 1 fully saturated rings. The van der Waals surface area contributed by atoms with E-state index in [4.69, 9.17) is 9.26 Å². The van der Waals surface area contributed by atoms with Gasteiger partial charge in [-0.25, -0.2) is 8.42 Å². The Bertz CT molecular complexity index is 1380. The van der Waals surface area contributed by atoms with Crippen molar-refractivity contribution in [2.45, 2.75) is 43.5 Å². The average molecular weight is 467 g/mol. The van der Waals surface area contributed by atoms with E-state index in [0.717, 1.165) is 18.4 Å². The van der Waals surface area contributed by atoms with Gasteiger partial charge in [-0.05, 0) is 49.4 Å². The lowest BCUT2D eigenvalue weighted by Crippen LogP contribution is -2.39. The van der Waals surface area contributed by atoms with Crippen LogP contribution in [0.4, 0.5) is 11.4 Å². The van der Waals surface area contributed by atoms with Gasteiger partial charge in [-0.2, -0.15) is 4.98 Å². The number of aryl methyl sites for hydroxylation is 1. The highest BCUT2D eigenvalue weighted by molar-refractivity contribution is 7.93. The molecule has 0 unspecified atom stereocenters. The fourth-order valence-electron chi connectivity index (χ4n) is 4.43. The van der Waals surface area contributed by atoms with Crippen molar-refractivity contribution in [2.75, 3.05) is 22.4 Å². The molecule has 33 heavy (non-hydrogen) atoms. The van der Waals surface area contributed by atoms with Crippen molar-refractivity contribution in [1.82, 2.24) is 10.1 Å². The summed E-state index contributed by atoms with van der Waals surface area (Å²) >= 11 is 0. The number of anilines is 2. The lowest BCUT2D eigenvalue weighted by Gasteiger charge is -2.30. The Hall–Kier alpha value is -3.40. The molecular weight excluding hydrogens is 444 g/mol. The second-order valence-corrected chi connectivity index (χ2v) is 10.5. The minimum absolute atomic E-state index is 0.135. The number of carbonyl (C=O) groups is 1. The summed E-state index contributed by atoms with van der Waals surface area (Å²) in [5, 5.41) is 4.01. The highest BCUT2D eigenvalue weighted by atomic mass is 32.2. The van der Waals surface area contributed by atoms with Crippen LogP contribution < -0.4 is 13.9 Å². The number of amides is 1. The summed E-state index contributed by atoms with van der Waals surface area (Å²) in [6, 6.07) is 10.7. The highest BCUT2D eigenvalue weighted by Gasteiger charge is 2.35. The molecule has 0 saturated heterocycles. The third-order valence-corrected chi connectivity index (χ3v) is 8.28. The molecule has 170 valence electrons. The first-order valence-corrected chi connectivity index (χ1v) is 12.4. The molecule has 2 aliphatic heterocycles. The van der Waals surface area contributed by atoms with Crippen molar-refractivity contribution in [3.05, 3.63) is 59.2 Å². The molecule has 1 saturated carbocycles. The Labute approximate surface area is 191 Å². The maximum Gasteiger partial charge on any atom is 0.265 e. The van der Waals surface area contributed by atoms with Gasteiger partial charge in [0.05, 0.1) is 22.8 Å². The Kier molecular flexibility index (Phi) is 4.48. The molecule has 3 heterocycles. The van der Waals surface area contributed by atoms with Gasteiger partial charge in [0, 0.05) is 18.5 Å². The van der Waals surface area contributed by atoms with Gasteiger partial charge in [-0.15, -0.1) is 0 Å². The normalized spacial score (nSPS) is 17.7. The quantitative estimate of drug-likeness (QED) is 0.569. The van der Waals surface area contributed by atoms with Gasteiger partial charge in [-0.3, -0.25) is 14.0 Å². The zero-order chi connectivity index (χ0) is 22.7. The Morgan fingerprint density at radius 3 is 2.79 bits per heavy atom. The fourth-order valence-corrected chi connectivity index (χ4v) is 6.16. The van der Waals surface area contributed by atoms with Crippen molar-refractivity contribution in [3.63, 3.8) is 0 Å². The molecule has 2 aromatic carbocycles. The third-order valence-electron chi connectivity index (χ3n) is 6.32. The van der Waals surface area contributed by atoms with Crippen LogP contribution in [-0.4, -0.2) is 37.6 Å². The lowest BCUT2D eigenvalue weighted by molar-refractivity contribution is -0.121. The fraction of sp³-hybridized carbons (Fsp3) is 0.348. The van der Waals surface area contributed by atoms with Gasteiger partial charge in [-0.1, -0.05) is 23.4 Å². The summed E-state index contributed by atoms with van der Waals surface area (Å²) in [7, 11) is -3.80. The molecule has 1 aliphatic carbocycles. The number of para-hydroxylation sites is 1. The van der Waals surface area contributed by atoms with Crippen LogP contribution in [0.25, 0.3) is 0 Å². The lowest BCUT2D eigenvalue weighted by atomic mass is 10.1. The molecular formula is C23H22N4O5S. The van der Waals surface area contributed by atoms with Gasteiger partial charge in [0.1, 0.15) is 5.75 Å². The first-order chi connectivity index (χ1) is 15.9. The zero-order valence-electron chi connectivity index (χ0n) is 18.0. The molecule has 0 N–H and O–H groups in total. The van der Waals surface area contributed by atoms with Crippen molar-refractivity contribution in [3.8, 4) is 5.75 Å². The molecule has 0 spiro atoms. The van der Waals surface area contributed by atoms with Crippen molar-refractivity contribution < 1.29 is 22.5 Å². The van der Waals surface area contributed by atoms with E-state index in [1.54, 1.807) is 13.0 Å². The van der Waals surface area contributed by atoms with E-state index in [1.807, 2.05) is 24.3 Å². The van der Waals surface area contributed by atoms with Crippen LogP contribution in [0.15, 0.2) is 45.8 Å². The summed E-state index contributed by atoms with van der Waals surface area (Å²) in [4.78, 5) is 18.7. The number of fused-ring (bicyclic) bond motifs is 2. The standard InChI is InChI=1S/C23H22N4O5S/c1-14-10-18-19(11-20(14)33(29,30)27-9-8-15-4-2-3-5-17(15)27)31-13-22(28)26(18)12-21-24-23(32-25-21)16-6-7-16/h2-5,10-11,16H,6-9,12-13H2,1H3. The predicted molar refractivity (Wildman–Crippen MR) is 119 cm³/mol. The maximum absolute atomic E-state index is 13.6. The second-order valence-electron chi connectivity index (χ2n) is 8.63. The molecule has 6 rings (SSSR count). The summed E-state index contributed by atoms with van der Waals surface area (Å²) < 4.78 is 39.5. The van der Waals surface area contributed by atoms with Gasteiger partial charge in [0.25, 0.3) is 15.9 Å². The van der Waals surface area contributed by atoms with Crippen LogP contribution in [0.3, 0.4) is 0 Å². The predicted octanol–water partition coefficient (Wildman–Crippen LogP) is 2.93. The first kappa shape index (κ1) is 20.2. The number of sulfonamides is 1. The van der Waals surface area contributed by atoms with Gasteiger partial charge in [0.15, 0.2) is 12.4 Å². The van der Waals surface area contributed by atoms with Gasteiger partial charge < -0.3 is 9.26 Å². The van der Waals surface area contributed by atoms with E-state index in [9.17, 15) is 13.2 Å². The van der Waals surface area contributed by atoms with Crippen molar-refractivity contribution in [2.24, 2.45) is 0 Å². The van der Waals surface area contributed by atoms with E-state index >= 15 is 0 Å². The van der Waals surface area contributed by atoms with Gasteiger partial charge >= 0.3 is 0 Å². The second kappa shape index (κ2) is 7.31. The van der Waals surface area contributed by atoms with E-state index in [0.29, 0.717) is 53.3 Å². The van der Waals surface area contributed by atoms with Gasteiger partial charge in [0.2, 0.25) is 5.89 Å². The molecule has 1 amide bonds. The first-order valence-electron chi connectivity index (χ1n) is 10.9.